The molecule has 6 heteroatoms. The van der Waals surface area contributed by atoms with Gasteiger partial charge in [0.2, 0.25) is 5.56 Å². The van der Waals surface area contributed by atoms with Crippen molar-refractivity contribution in [2.24, 2.45) is 5.73 Å². The van der Waals surface area contributed by atoms with Crippen molar-refractivity contribution in [2.45, 2.75) is 19.1 Å². The number of nitrogens with two attached hydrogens (primary N) is 1. The molecular formula is C10H15N3O3. The summed E-state index contributed by atoms with van der Waals surface area (Å²) in [6.45, 7) is 1.70. The van der Waals surface area contributed by atoms with Crippen molar-refractivity contribution < 1.29 is 9.90 Å². The van der Waals surface area contributed by atoms with Crippen LogP contribution in [0.5, 0.6) is 0 Å². The standard InChI is InChI=1S/C10H15N3O3/c1-6(14)8(11)5-13-10(16)7-2-3-12-9(15)4-7/h2-4,6,8,14H,5,11H2,1H3,(H,12,15)(H,13,16). The maximum absolute atomic E-state index is 11.5. The summed E-state index contributed by atoms with van der Waals surface area (Å²) < 4.78 is 0. The van der Waals surface area contributed by atoms with Crippen LogP contribution in [0, 0.1) is 0 Å². The molecule has 0 aliphatic carbocycles. The molecule has 1 aromatic rings. The fraction of sp³-hybridized carbons (Fsp3) is 0.400. The lowest BCUT2D eigenvalue weighted by Crippen LogP contribution is -2.43. The fourth-order valence-corrected chi connectivity index (χ4v) is 1.07. The Morgan fingerprint density at radius 2 is 2.38 bits per heavy atom. The summed E-state index contributed by atoms with van der Waals surface area (Å²) >= 11 is 0. The van der Waals surface area contributed by atoms with Crippen molar-refractivity contribution in [3.05, 3.63) is 34.2 Å². The second-order valence-electron chi connectivity index (χ2n) is 3.56. The number of hydrogen-bond acceptors (Lipinski definition) is 4. The number of hydrogen-bond donors (Lipinski definition) is 4. The van der Waals surface area contributed by atoms with E-state index in [4.69, 9.17) is 10.8 Å². The second-order valence-corrected chi connectivity index (χ2v) is 3.56. The van der Waals surface area contributed by atoms with Gasteiger partial charge in [-0.2, -0.15) is 0 Å². The number of rotatable bonds is 4. The first kappa shape index (κ1) is 12.4. The van der Waals surface area contributed by atoms with E-state index in [9.17, 15) is 9.59 Å². The van der Waals surface area contributed by atoms with E-state index in [0.29, 0.717) is 0 Å². The molecule has 2 unspecified atom stereocenters. The van der Waals surface area contributed by atoms with Crippen molar-refractivity contribution in [2.75, 3.05) is 6.54 Å². The van der Waals surface area contributed by atoms with Crippen molar-refractivity contribution in [3.63, 3.8) is 0 Å². The number of pyridine rings is 1. The van der Waals surface area contributed by atoms with Gasteiger partial charge in [0.25, 0.3) is 5.91 Å². The summed E-state index contributed by atoms with van der Waals surface area (Å²) in [6.07, 6.45) is 0.700. The number of carbonyl (C=O) groups is 1. The zero-order chi connectivity index (χ0) is 12.1. The Kier molecular flexibility index (Phi) is 4.21. The number of H-pyrrole nitrogens is 1. The van der Waals surface area contributed by atoms with Gasteiger partial charge in [-0.3, -0.25) is 9.59 Å². The van der Waals surface area contributed by atoms with Gasteiger partial charge in [-0.25, -0.2) is 0 Å². The summed E-state index contributed by atoms with van der Waals surface area (Å²) in [6, 6.07) is 2.17. The highest BCUT2D eigenvalue weighted by Gasteiger charge is 2.11. The molecule has 0 aromatic carbocycles. The van der Waals surface area contributed by atoms with E-state index in [1.54, 1.807) is 6.92 Å². The molecule has 1 aromatic heterocycles. The third-order valence-corrected chi connectivity index (χ3v) is 2.16. The molecule has 0 saturated carbocycles. The quantitative estimate of drug-likeness (QED) is 0.517. The number of aliphatic hydroxyl groups excluding tert-OH is 1. The molecule has 0 aliphatic heterocycles. The highest BCUT2D eigenvalue weighted by molar-refractivity contribution is 5.93. The van der Waals surface area contributed by atoms with E-state index in [-0.39, 0.29) is 23.6 Å². The number of aromatic amines is 1. The van der Waals surface area contributed by atoms with Crippen molar-refractivity contribution in [1.29, 1.82) is 0 Å². The number of carbonyl (C=O) groups excluding carboxylic acids is 1. The van der Waals surface area contributed by atoms with Crippen LogP contribution in [0.1, 0.15) is 17.3 Å². The average molecular weight is 225 g/mol. The van der Waals surface area contributed by atoms with Gasteiger partial charge in [0.1, 0.15) is 0 Å². The minimum atomic E-state index is -0.695. The van der Waals surface area contributed by atoms with Crippen molar-refractivity contribution >= 4 is 5.91 Å². The van der Waals surface area contributed by atoms with Crippen LogP contribution in [-0.2, 0) is 0 Å². The Morgan fingerprint density at radius 1 is 1.69 bits per heavy atom. The topological polar surface area (TPSA) is 108 Å². The first-order chi connectivity index (χ1) is 7.50. The Morgan fingerprint density at radius 3 is 2.94 bits per heavy atom. The number of amides is 1. The molecule has 0 spiro atoms. The molecule has 2 atom stereocenters. The van der Waals surface area contributed by atoms with Crippen LogP contribution in [0.2, 0.25) is 0 Å². The van der Waals surface area contributed by atoms with Gasteiger partial charge in [0.15, 0.2) is 0 Å². The second kappa shape index (κ2) is 5.43. The van der Waals surface area contributed by atoms with Crippen LogP contribution in [0.15, 0.2) is 23.1 Å². The molecule has 0 saturated heterocycles. The van der Waals surface area contributed by atoms with Gasteiger partial charge in [0, 0.05) is 30.4 Å². The first-order valence-corrected chi connectivity index (χ1v) is 4.91. The van der Waals surface area contributed by atoms with E-state index >= 15 is 0 Å². The first-order valence-electron chi connectivity index (χ1n) is 4.91. The summed E-state index contributed by atoms with van der Waals surface area (Å²) in [5, 5.41) is 11.6. The van der Waals surface area contributed by atoms with Crippen molar-refractivity contribution in [1.82, 2.24) is 10.3 Å². The van der Waals surface area contributed by atoms with Crippen molar-refractivity contribution in [3.8, 4) is 0 Å². The zero-order valence-corrected chi connectivity index (χ0v) is 8.93. The van der Waals surface area contributed by atoms with E-state index in [1.165, 1.54) is 18.3 Å². The largest absolute Gasteiger partial charge is 0.392 e. The minimum Gasteiger partial charge on any atom is -0.392 e. The summed E-state index contributed by atoms with van der Waals surface area (Å²) in [5.74, 6) is -0.387. The van der Waals surface area contributed by atoms with E-state index in [2.05, 4.69) is 10.3 Å². The van der Waals surface area contributed by atoms with Crippen LogP contribution in [-0.4, -0.2) is 34.7 Å². The molecule has 0 radical (unpaired) electrons. The zero-order valence-electron chi connectivity index (χ0n) is 8.93. The molecular weight excluding hydrogens is 210 g/mol. The lowest BCUT2D eigenvalue weighted by atomic mass is 10.2. The Bertz CT molecular complexity index is 414. The summed E-state index contributed by atoms with van der Waals surface area (Å²) in [5.41, 5.74) is 5.47. The number of aromatic nitrogens is 1. The van der Waals surface area contributed by atoms with Crippen LogP contribution in [0.3, 0.4) is 0 Å². The van der Waals surface area contributed by atoms with Gasteiger partial charge in [0.05, 0.1) is 6.10 Å². The van der Waals surface area contributed by atoms with Crippen LogP contribution < -0.4 is 16.6 Å². The predicted molar refractivity (Wildman–Crippen MR) is 59.1 cm³/mol. The van der Waals surface area contributed by atoms with Gasteiger partial charge in [-0.05, 0) is 13.0 Å². The molecule has 0 fully saturated rings. The third kappa shape index (κ3) is 3.48. The van der Waals surface area contributed by atoms with Crippen LogP contribution >= 0.6 is 0 Å². The smallest absolute Gasteiger partial charge is 0.251 e. The molecule has 0 bridgehead atoms. The fourth-order valence-electron chi connectivity index (χ4n) is 1.07. The molecule has 16 heavy (non-hydrogen) atoms. The summed E-state index contributed by atoms with van der Waals surface area (Å²) in [7, 11) is 0. The maximum atomic E-state index is 11.5. The average Bonchev–Trinajstić information content (AvgIpc) is 2.25. The van der Waals surface area contributed by atoms with Gasteiger partial charge in [-0.15, -0.1) is 0 Å². The normalized spacial score (nSPS) is 14.2. The predicted octanol–water partition coefficient (Wildman–Crippen LogP) is -1.19. The molecule has 5 N–H and O–H groups in total. The Balaban J connectivity index is 2.57. The molecule has 1 heterocycles. The van der Waals surface area contributed by atoms with Gasteiger partial charge in [-0.1, -0.05) is 0 Å². The Labute approximate surface area is 92.5 Å². The molecule has 0 aliphatic rings. The Hall–Kier alpha value is -1.66. The molecule has 6 nitrogen and oxygen atoms in total. The maximum Gasteiger partial charge on any atom is 0.251 e. The highest BCUT2D eigenvalue weighted by Crippen LogP contribution is 1.93. The highest BCUT2D eigenvalue weighted by atomic mass is 16.3. The lowest BCUT2D eigenvalue weighted by Gasteiger charge is -2.15. The van der Waals surface area contributed by atoms with E-state index in [0.717, 1.165) is 0 Å². The summed E-state index contributed by atoms with van der Waals surface area (Å²) in [4.78, 5) is 24.9. The van der Waals surface area contributed by atoms with Crippen LogP contribution in [0.4, 0.5) is 0 Å². The third-order valence-electron chi connectivity index (χ3n) is 2.16. The molecule has 88 valence electrons. The number of aliphatic hydroxyl groups is 1. The lowest BCUT2D eigenvalue weighted by molar-refractivity contribution is 0.0937. The molecule has 1 rings (SSSR count). The monoisotopic (exact) mass is 225 g/mol. The van der Waals surface area contributed by atoms with Crippen LogP contribution in [0.25, 0.3) is 0 Å². The van der Waals surface area contributed by atoms with Gasteiger partial charge >= 0.3 is 0 Å². The number of nitrogens with one attached hydrogen (secondary N) is 2. The minimum absolute atomic E-state index is 0.156. The van der Waals surface area contributed by atoms with E-state index in [1.807, 2.05) is 0 Å². The van der Waals surface area contributed by atoms with Gasteiger partial charge < -0.3 is 21.1 Å². The van der Waals surface area contributed by atoms with E-state index < -0.39 is 12.1 Å². The SMILES string of the molecule is CC(O)C(N)CNC(=O)c1cc[nH]c(=O)c1. The molecule has 1 amide bonds.